The minimum Gasteiger partial charge on any atom is -0.309 e. The molecule has 8 aromatic rings. The van der Waals surface area contributed by atoms with E-state index in [2.05, 4.69) is 196 Å². The van der Waals surface area contributed by atoms with Gasteiger partial charge in [-0.25, -0.2) is 0 Å². The van der Waals surface area contributed by atoms with E-state index in [1.165, 1.54) is 93.5 Å². The third-order valence-electron chi connectivity index (χ3n) is 11.8. The minimum absolute atomic E-state index is 0.0366. The SMILES string of the molecule is CC1(C)c2ccccc2-c2cc(-c3c4ccccc4c(N4c5ccccc5[Si](C)(C)c5ccccc54)c4ccc(-c5ccccc5)cc34)ccc21. The van der Waals surface area contributed by atoms with Crippen LogP contribution in [0.2, 0.25) is 13.1 Å². The van der Waals surface area contributed by atoms with E-state index in [0.717, 1.165) is 0 Å². The quantitative estimate of drug-likeness (QED) is 0.134. The number of para-hydroxylation sites is 2. The molecule has 244 valence electrons. The lowest BCUT2D eigenvalue weighted by atomic mass is 9.81. The lowest BCUT2D eigenvalue weighted by Crippen LogP contribution is -2.58. The zero-order valence-corrected chi connectivity index (χ0v) is 30.5. The molecule has 0 radical (unpaired) electrons. The van der Waals surface area contributed by atoms with Gasteiger partial charge in [0.25, 0.3) is 0 Å². The molecule has 1 nitrogen and oxygen atoms in total. The Labute approximate surface area is 301 Å². The molecule has 1 aliphatic heterocycles. The van der Waals surface area contributed by atoms with Crippen molar-refractivity contribution in [3.8, 4) is 33.4 Å². The zero-order valence-electron chi connectivity index (χ0n) is 29.5. The molecule has 0 unspecified atom stereocenters. The standard InChI is InChI=1S/C49H39NSi/c1-49(2)41-21-11-10-18-35(41)39-31-34(27-29-42(39)49)47-36-19-8-9-20-37(36)48(38-28-26-33(30-40(38)47)32-16-6-5-7-17-32)50-43-22-12-14-24-45(43)51(3,4)46-25-15-13-23-44(46)50/h5-31H,1-4H3. The average molecular weight is 670 g/mol. The van der Waals surface area contributed by atoms with E-state index in [1.54, 1.807) is 0 Å². The van der Waals surface area contributed by atoms with Gasteiger partial charge in [0.05, 0.1) is 5.69 Å². The summed E-state index contributed by atoms with van der Waals surface area (Å²) >= 11 is 0. The van der Waals surface area contributed by atoms with Crippen molar-refractivity contribution in [3.63, 3.8) is 0 Å². The number of hydrogen-bond donors (Lipinski definition) is 0. The van der Waals surface area contributed by atoms with E-state index in [9.17, 15) is 0 Å². The molecule has 10 rings (SSSR count). The lowest BCUT2D eigenvalue weighted by molar-refractivity contribution is 0.660. The number of anilines is 3. The Kier molecular flexibility index (Phi) is 6.44. The summed E-state index contributed by atoms with van der Waals surface area (Å²) < 4.78 is 0. The third kappa shape index (κ3) is 4.27. The van der Waals surface area contributed by atoms with Gasteiger partial charge in [-0.1, -0.05) is 166 Å². The molecule has 0 fully saturated rings. The topological polar surface area (TPSA) is 3.24 Å². The van der Waals surface area contributed by atoms with Gasteiger partial charge in [0.15, 0.2) is 0 Å². The fourth-order valence-electron chi connectivity index (χ4n) is 9.30. The van der Waals surface area contributed by atoms with Crippen LogP contribution >= 0.6 is 0 Å². The van der Waals surface area contributed by atoms with Crippen LogP contribution in [-0.2, 0) is 5.41 Å². The van der Waals surface area contributed by atoms with Gasteiger partial charge in [-0.3, -0.25) is 0 Å². The highest BCUT2D eigenvalue weighted by atomic mass is 28.3. The molecule has 0 N–H and O–H groups in total. The van der Waals surface area contributed by atoms with Gasteiger partial charge >= 0.3 is 0 Å². The van der Waals surface area contributed by atoms with Crippen LogP contribution in [0.5, 0.6) is 0 Å². The monoisotopic (exact) mass is 669 g/mol. The van der Waals surface area contributed by atoms with Crippen LogP contribution in [0, 0.1) is 0 Å². The number of nitrogens with zero attached hydrogens (tertiary/aromatic N) is 1. The summed E-state index contributed by atoms with van der Waals surface area (Å²) in [7, 11) is -1.95. The highest BCUT2D eigenvalue weighted by molar-refractivity contribution is 7.02. The van der Waals surface area contributed by atoms with Crippen molar-refractivity contribution >= 4 is 57.1 Å². The second-order valence-electron chi connectivity index (χ2n) is 15.3. The highest BCUT2D eigenvalue weighted by Gasteiger charge is 2.40. The third-order valence-corrected chi connectivity index (χ3v) is 15.4. The molecule has 8 aromatic carbocycles. The molecule has 0 spiro atoms. The molecule has 2 aliphatic rings. The van der Waals surface area contributed by atoms with Gasteiger partial charge in [-0.05, 0) is 89.9 Å². The number of rotatable bonds is 3. The van der Waals surface area contributed by atoms with Crippen LogP contribution in [0.15, 0.2) is 164 Å². The van der Waals surface area contributed by atoms with Crippen LogP contribution in [0.3, 0.4) is 0 Å². The van der Waals surface area contributed by atoms with Crippen molar-refractivity contribution in [2.24, 2.45) is 0 Å². The molecule has 51 heavy (non-hydrogen) atoms. The normalized spacial score (nSPS) is 14.9. The Morgan fingerprint density at radius 2 is 1.00 bits per heavy atom. The van der Waals surface area contributed by atoms with E-state index >= 15 is 0 Å². The van der Waals surface area contributed by atoms with Gasteiger partial charge in [0.1, 0.15) is 8.07 Å². The van der Waals surface area contributed by atoms with Crippen LogP contribution in [0.25, 0.3) is 54.9 Å². The molecule has 0 bridgehead atoms. The Balaban J connectivity index is 1.33. The Morgan fingerprint density at radius 1 is 0.431 bits per heavy atom. The minimum atomic E-state index is -1.95. The van der Waals surface area contributed by atoms with Crippen molar-refractivity contribution in [2.45, 2.75) is 32.4 Å². The first-order chi connectivity index (χ1) is 24.8. The first kappa shape index (κ1) is 30.1. The number of fused-ring (bicyclic) bond motifs is 7. The van der Waals surface area contributed by atoms with Crippen molar-refractivity contribution in [3.05, 3.63) is 175 Å². The van der Waals surface area contributed by atoms with Gasteiger partial charge in [0.2, 0.25) is 0 Å². The predicted octanol–water partition coefficient (Wildman–Crippen LogP) is 12.2. The zero-order chi connectivity index (χ0) is 34.5. The van der Waals surface area contributed by atoms with Gasteiger partial charge in [0, 0.05) is 27.6 Å². The smallest absolute Gasteiger partial charge is 0.117 e. The van der Waals surface area contributed by atoms with E-state index in [0.29, 0.717) is 0 Å². The highest BCUT2D eigenvalue weighted by Crippen LogP contribution is 2.53. The molecule has 0 atom stereocenters. The molecule has 0 aromatic heterocycles. The van der Waals surface area contributed by atoms with Crippen molar-refractivity contribution in [2.75, 3.05) is 4.90 Å². The number of benzene rings is 8. The average Bonchev–Trinajstić information content (AvgIpc) is 3.40. The van der Waals surface area contributed by atoms with Gasteiger partial charge in [-0.15, -0.1) is 0 Å². The second kappa shape index (κ2) is 10.9. The summed E-state index contributed by atoms with van der Waals surface area (Å²) in [6, 6.07) is 61.6. The fourth-order valence-corrected chi connectivity index (χ4v) is 12.3. The maximum atomic E-state index is 2.58. The number of hydrogen-bond acceptors (Lipinski definition) is 1. The van der Waals surface area contributed by atoms with Crippen LogP contribution < -0.4 is 15.3 Å². The second-order valence-corrected chi connectivity index (χ2v) is 19.6. The molecular weight excluding hydrogens is 631 g/mol. The summed E-state index contributed by atoms with van der Waals surface area (Å²) in [5.41, 5.74) is 14.3. The summed E-state index contributed by atoms with van der Waals surface area (Å²) in [5, 5.41) is 8.02. The van der Waals surface area contributed by atoms with Crippen LogP contribution in [0.1, 0.15) is 25.0 Å². The van der Waals surface area contributed by atoms with Gasteiger partial charge in [-0.2, -0.15) is 0 Å². The summed E-state index contributed by atoms with van der Waals surface area (Å²) in [4.78, 5) is 2.58. The Hall–Kier alpha value is -5.70. The molecule has 2 heteroatoms. The van der Waals surface area contributed by atoms with Crippen LogP contribution in [-0.4, -0.2) is 8.07 Å². The molecule has 0 saturated heterocycles. The summed E-state index contributed by atoms with van der Waals surface area (Å²) in [5.74, 6) is 0. The van der Waals surface area contributed by atoms with Crippen LogP contribution in [0.4, 0.5) is 17.1 Å². The van der Waals surface area contributed by atoms with E-state index in [4.69, 9.17) is 0 Å². The summed E-state index contributed by atoms with van der Waals surface area (Å²) in [6.45, 7) is 9.73. The van der Waals surface area contributed by atoms with Crippen molar-refractivity contribution in [1.29, 1.82) is 0 Å². The molecule has 1 aliphatic carbocycles. The Morgan fingerprint density at radius 3 is 1.75 bits per heavy atom. The largest absolute Gasteiger partial charge is 0.309 e. The Bertz CT molecular complexity index is 2650. The first-order valence-electron chi connectivity index (χ1n) is 18.1. The molecule has 0 amide bonds. The first-order valence-corrected chi connectivity index (χ1v) is 21.1. The predicted molar refractivity (Wildman–Crippen MR) is 221 cm³/mol. The van der Waals surface area contributed by atoms with E-state index in [1.807, 2.05) is 0 Å². The molecule has 0 saturated carbocycles. The summed E-state index contributed by atoms with van der Waals surface area (Å²) in [6.07, 6.45) is 0. The lowest BCUT2D eigenvalue weighted by Gasteiger charge is -2.42. The maximum absolute atomic E-state index is 2.58. The molecule has 1 heterocycles. The van der Waals surface area contributed by atoms with Crippen molar-refractivity contribution in [1.82, 2.24) is 0 Å². The van der Waals surface area contributed by atoms with E-state index in [-0.39, 0.29) is 5.41 Å². The van der Waals surface area contributed by atoms with Gasteiger partial charge < -0.3 is 4.90 Å². The van der Waals surface area contributed by atoms with E-state index < -0.39 is 8.07 Å². The molecular formula is C49H39NSi. The van der Waals surface area contributed by atoms with Crippen molar-refractivity contribution < 1.29 is 0 Å². The fraction of sp³-hybridized carbons (Fsp3) is 0.102. The maximum Gasteiger partial charge on any atom is 0.117 e.